The molecule has 1 unspecified atom stereocenters. The molecule has 0 aliphatic carbocycles. The number of nitrogens with zero attached hydrogens (tertiary/aromatic N) is 1. The van der Waals surface area contributed by atoms with Crippen LogP contribution in [0.5, 0.6) is 0 Å². The van der Waals surface area contributed by atoms with Crippen LogP contribution in [0.3, 0.4) is 0 Å². The van der Waals surface area contributed by atoms with Gasteiger partial charge in [-0.25, -0.2) is 8.42 Å². The first-order chi connectivity index (χ1) is 9.82. The second-order valence-electron chi connectivity index (χ2n) is 4.78. The van der Waals surface area contributed by atoms with Gasteiger partial charge in [0.1, 0.15) is 0 Å². The molecular formula is C14H23N3O3S. The first kappa shape index (κ1) is 17.6. The molecule has 1 aromatic rings. The molecule has 21 heavy (non-hydrogen) atoms. The second kappa shape index (κ2) is 7.53. The number of likely N-dealkylation sites (N-methyl/N-ethyl adjacent to an activating group) is 2. The molecule has 0 aromatic heterocycles. The number of rotatable bonds is 7. The highest BCUT2D eigenvalue weighted by Crippen LogP contribution is 2.18. The molecule has 1 atom stereocenters. The molecule has 0 radical (unpaired) electrons. The third-order valence-electron chi connectivity index (χ3n) is 3.24. The Morgan fingerprint density at radius 1 is 1.29 bits per heavy atom. The van der Waals surface area contributed by atoms with Crippen molar-refractivity contribution >= 4 is 15.9 Å². The van der Waals surface area contributed by atoms with Gasteiger partial charge in [0.25, 0.3) is 0 Å². The number of hydrogen-bond acceptors (Lipinski definition) is 4. The lowest BCUT2D eigenvalue weighted by molar-refractivity contribution is -0.120. The van der Waals surface area contributed by atoms with E-state index in [2.05, 4.69) is 10.6 Å². The maximum atomic E-state index is 12.3. The third-order valence-corrected chi connectivity index (χ3v) is 5.06. The van der Waals surface area contributed by atoms with Crippen LogP contribution in [-0.2, 0) is 14.8 Å². The largest absolute Gasteiger partial charge is 0.358 e. The van der Waals surface area contributed by atoms with Crippen molar-refractivity contribution in [3.63, 3.8) is 0 Å². The molecule has 6 nitrogen and oxygen atoms in total. The highest BCUT2D eigenvalue weighted by atomic mass is 32.2. The van der Waals surface area contributed by atoms with Crippen molar-refractivity contribution in [2.24, 2.45) is 0 Å². The fourth-order valence-electron chi connectivity index (χ4n) is 1.90. The summed E-state index contributed by atoms with van der Waals surface area (Å²) < 4.78 is 25.7. The number of amides is 1. The van der Waals surface area contributed by atoms with Crippen molar-refractivity contribution in [1.82, 2.24) is 14.9 Å². The zero-order valence-corrected chi connectivity index (χ0v) is 13.7. The van der Waals surface area contributed by atoms with Crippen LogP contribution in [-0.4, -0.2) is 45.8 Å². The molecule has 1 aromatic carbocycles. The average Bonchev–Trinajstić information content (AvgIpc) is 2.47. The van der Waals surface area contributed by atoms with Gasteiger partial charge < -0.3 is 10.6 Å². The number of carbonyl (C=O) groups excluding carboxylic acids is 1. The molecule has 118 valence electrons. The summed E-state index contributed by atoms with van der Waals surface area (Å²) in [5.74, 6) is -0.349. The van der Waals surface area contributed by atoms with E-state index in [-0.39, 0.29) is 23.4 Å². The Morgan fingerprint density at radius 3 is 2.33 bits per heavy atom. The van der Waals surface area contributed by atoms with Gasteiger partial charge in [0.05, 0.1) is 11.4 Å². The molecular weight excluding hydrogens is 290 g/mol. The van der Waals surface area contributed by atoms with Crippen LogP contribution in [0.1, 0.15) is 25.5 Å². The van der Waals surface area contributed by atoms with Gasteiger partial charge in [-0.1, -0.05) is 19.1 Å². The molecule has 1 rings (SSSR count). The normalized spacial score (nSPS) is 13.2. The van der Waals surface area contributed by atoms with Gasteiger partial charge in [-0.3, -0.25) is 4.79 Å². The van der Waals surface area contributed by atoms with Crippen LogP contribution in [0.2, 0.25) is 0 Å². The summed E-state index contributed by atoms with van der Waals surface area (Å²) in [4.78, 5) is 11.5. The van der Waals surface area contributed by atoms with Crippen molar-refractivity contribution < 1.29 is 13.2 Å². The highest BCUT2D eigenvalue weighted by Gasteiger charge is 2.22. The van der Waals surface area contributed by atoms with Crippen molar-refractivity contribution in [3.8, 4) is 0 Å². The third kappa shape index (κ3) is 4.52. The Morgan fingerprint density at radius 2 is 1.86 bits per heavy atom. The van der Waals surface area contributed by atoms with Gasteiger partial charge in [0.2, 0.25) is 15.9 Å². The van der Waals surface area contributed by atoms with E-state index >= 15 is 0 Å². The van der Waals surface area contributed by atoms with Crippen LogP contribution < -0.4 is 10.6 Å². The van der Waals surface area contributed by atoms with E-state index in [1.165, 1.54) is 14.1 Å². The summed E-state index contributed by atoms with van der Waals surface area (Å²) in [6.45, 7) is 4.68. The number of sulfonamides is 1. The quantitative estimate of drug-likeness (QED) is 0.777. The van der Waals surface area contributed by atoms with E-state index in [0.29, 0.717) is 0 Å². The summed E-state index contributed by atoms with van der Waals surface area (Å²) in [6.07, 6.45) is 0. The average molecular weight is 313 g/mol. The van der Waals surface area contributed by atoms with Crippen LogP contribution in [0.15, 0.2) is 29.2 Å². The number of nitrogens with one attached hydrogen (secondary N) is 2. The molecule has 0 heterocycles. The summed E-state index contributed by atoms with van der Waals surface area (Å²) >= 11 is 0. The van der Waals surface area contributed by atoms with E-state index in [9.17, 15) is 13.2 Å². The Hall–Kier alpha value is -1.44. The van der Waals surface area contributed by atoms with Crippen LogP contribution in [0.4, 0.5) is 0 Å². The van der Waals surface area contributed by atoms with Gasteiger partial charge in [-0.15, -0.1) is 0 Å². The second-order valence-corrected chi connectivity index (χ2v) is 6.83. The van der Waals surface area contributed by atoms with E-state index < -0.39 is 10.0 Å². The van der Waals surface area contributed by atoms with Crippen molar-refractivity contribution in [2.75, 3.05) is 27.2 Å². The molecule has 0 saturated carbocycles. The van der Waals surface area contributed by atoms with Crippen LogP contribution in [0, 0.1) is 0 Å². The highest BCUT2D eigenvalue weighted by molar-refractivity contribution is 7.89. The van der Waals surface area contributed by atoms with E-state index in [1.807, 2.05) is 13.8 Å². The van der Waals surface area contributed by atoms with Gasteiger partial charge >= 0.3 is 0 Å². The maximum Gasteiger partial charge on any atom is 0.243 e. The molecule has 7 heteroatoms. The van der Waals surface area contributed by atoms with E-state index in [4.69, 9.17) is 0 Å². The molecule has 0 fully saturated rings. The molecule has 1 amide bonds. The predicted octanol–water partition coefficient (Wildman–Crippen LogP) is 0.724. The minimum Gasteiger partial charge on any atom is -0.358 e. The summed E-state index contributed by atoms with van der Waals surface area (Å²) in [5, 5.41) is 5.67. The monoisotopic (exact) mass is 313 g/mol. The Kier molecular flexibility index (Phi) is 6.32. The zero-order valence-electron chi connectivity index (χ0n) is 12.9. The molecule has 0 spiro atoms. The predicted molar refractivity (Wildman–Crippen MR) is 82.4 cm³/mol. The minimum atomic E-state index is -3.65. The fraction of sp³-hybridized carbons (Fsp3) is 0.500. The van der Waals surface area contributed by atoms with Gasteiger partial charge in [-0.05, 0) is 31.2 Å². The molecule has 0 aliphatic heterocycles. The van der Waals surface area contributed by atoms with Gasteiger partial charge in [0.15, 0.2) is 0 Å². The lowest BCUT2D eigenvalue weighted by Gasteiger charge is -2.17. The van der Waals surface area contributed by atoms with Crippen molar-refractivity contribution in [1.29, 1.82) is 0 Å². The molecule has 2 N–H and O–H groups in total. The molecule has 0 saturated heterocycles. The molecule has 0 bridgehead atoms. The standard InChI is InChI=1S/C14H23N3O3S/c1-5-16-11(2)12-6-8-13(9-7-12)21(19,20)17(4)10-14(18)15-3/h6-9,11,16H,5,10H2,1-4H3,(H,15,18). The number of carbonyl (C=O) groups is 1. The topological polar surface area (TPSA) is 78.5 Å². The maximum absolute atomic E-state index is 12.3. The first-order valence-electron chi connectivity index (χ1n) is 6.83. The SMILES string of the molecule is CCNC(C)c1ccc(S(=O)(=O)N(C)CC(=O)NC)cc1. The van der Waals surface area contributed by atoms with Crippen LogP contribution in [0.25, 0.3) is 0 Å². The Bertz CT molecular complexity index is 570. The lowest BCUT2D eigenvalue weighted by Crippen LogP contribution is -2.36. The Balaban J connectivity index is 2.92. The van der Waals surface area contributed by atoms with Crippen LogP contribution >= 0.6 is 0 Å². The Labute approximate surface area is 126 Å². The lowest BCUT2D eigenvalue weighted by atomic mass is 10.1. The smallest absolute Gasteiger partial charge is 0.243 e. The number of benzene rings is 1. The minimum absolute atomic E-state index is 0.162. The summed E-state index contributed by atoms with van der Waals surface area (Å²) in [7, 11) is -0.786. The van der Waals surface area contributed by atoms with Crippen molar-refractivity contribution in [3.05, 3.63) is 29.8 Å². The number of hydrogen-bond donors (Lipinski definition) is 2. The van der Waals surface area contributed by atoms with Gasteiger partial charge in [0, 0.05) is 20.1 Å². The molecule has 0 aliphatic rings. The van der Waals surface area contributed by atoms with E-state index in [0.717, 1.165) is 16.4 Å². The fourth-order valence-corrected chi connectivity index (χ4v) is 3.03. The zero-order chi connectivity index (χ0) is 16.0. The van der Waals surface area contributed by atoms with Gasteiger partial charge in [-0.2, -0.15) is 4.31 Å². The van der Waals surface area contributed by atoms with Crippen molar-refractivity contribution in [2.45, 2.75) is 24.8 Å². The van der Waals surface area contributed by atoms with E-state index in [1.54, 1.807) is 24.3 Å². The summed E-state index contributed by atoms with van der Waals surface area (Å²) in [6, 6.07) is 6.87. The first-order valence-corrected chi connectivity index (χ1v) is 8.27. The summed E-state index contributed by atoms with van der Waals surface area (Å²) in [5.41, 5.74) is 1.02.